The predicted octanol–water partition coefficient (Wildman–Crippen LogP) is 0.524. The Morgan fingerprint density at radius 1 is 1.35 bits per heavy atom. The highest BCUT2D eigenvalue weighted by atomic mass is 16.5. The molecule has 0 aromatic carbocycles. The molecular weight excluding hydrogens is 220 g/mol. The zero-order valence-electron chi connectivity index (χ0n) is 10.8. The van der Waals surface area contributed by atoms with Gasteiger partial charge < -0.3 is 15.4 Å². The van der Waals surface area contributed by atoms with Gasteiger partial charge in [-0.25, -0.2) is 4.79 Å². The van der Waals surface area contributed by atoms with Crippen molar-refractivity contribution in [3.05, 3.63) is 0 Å². The molecule has 0 spiro atoms. The van der Waals surface area contributed by atoms with Crippen LogP contribution in [0, 0.1) is 5.92 Å². The molecule has 0 aromatic heterocycles. The lowest BCUT2D eigenvalue weighted by molar-refractivity contribution is -0.155. The summed E-state index contributed by atoms with van der Waals surface area (Å²) in [5, 5.41) is 0. The highest BCUT2D eigenvalue weighted by molar-refractivity contribution is 5.87. The first-order valence-corrected chi connectivity index (χ1v) is 6.13. The van der Waals surface area contributed by atoms with Gasteiger partial charge in [-0.2, -0.15) is 0 Å². The van der Waals surface area contributed by atoms with E-state index in [9.17, 15) is 9.59 Å². The number of hydrogen-bond donors (Lipinski definition) is 1. The fourth-order valence-corrected chi connectivity index (χ4v) is 2.05. The molecule has 1 aliphatic rings. The van der Waals surface area contributed by atoms with Crippen LogP contribution in [0.3, 0.4) is 0 Å². The standard InChI is InChI=1S/C12H22N2O3/c1-8(2)10(13)11(15)14-7-5-4-6-9(14)12(16)17-3/h8-10H,4-7,13H2,1-3H3/t9?,10-/m1/s1. The summed E-state index contributed by atoms with van der Waals surface area (Å²) in [6.45, 7) is 4.40. The van der Waals surface area contributed by atoms with Crippen molar-refractivity contribution in [3.63, 3.8) is 0 Å². The number of ether oxygens (including phenoxy) is 1. The lowest BCUT2D eigenvalue weighted by atomic mass is 9.98. The molecule has 0 radical (unpaired) electrons. The summed E-state index contributed by atoms with van der Waals surface area (Å²) in [5.74, 6) is -0.410. The minimum atomic E-state index is -0.541. The second-order valence-electron chi connectivity index (χ2n) is 4.84. The quantitative estimate of drug-likeness (QED) is 0.732. The Labute approximate surface area is 102 Å². The Hall–Kier alpha value is -1.10. The van der Waals surface area contributed by atoms with Crippen molar-refractivity contribution in [3.8, 4) is 0 Å². The van der Waals surface area contributed by atoms with E-state index < -0.39 is 12.1 Å². The van der Waals surface area contributed by atoms with Gasteiger partial charge in [0.05, 0.1) is 13.2 Å². The molecule has 1 amide bonds. The summed E-state index contributed by atoms with van der Waals surface area (Å²) in [4.78, 5) is 25.4. The average Bonchev–Trinajstić information content (AvgIpc) is 2.35. The first-order valence-electron chi connectivity index (χ1n) is 6.13. The van der Waals surface area contributed by atoms with Gasteiger partial charge in [0.15, 0.2) is 0 Å². The second kappa shape index (κ2) is 6.00. The van der Waals surface area contributed by atoms with Gasteiger partial charge in [-0.15, -0.1) is 0 Å². The monoisotopic (exact) mass is 242 g/mol. The number of carbonyl (C=O) groups excluding carboxylic acids is 2. The molecule has 98 valence electrons. The van der Waals surface area contributed by atoms with Gasteiger partial charge in [0, 0.05) is 6.54 Å². The zero-order valence-corrected chi connectivity index (χ0v) is 10.8. The molecule has 1 fully saturated rings. The van der Waals surface area contributed by atoms with E-state index in [0.717, 1.165) is 12.8 Å². The number of nitrogens with two attached hydrogens (primary N) is 1. The SMILES string of the molecule is COC(=O)C1CCCCN1C(=O)[C@H](N)C(C)C. The number of esters is 1. The molecule has 5 heteroatoms. The summed E-state index contributed by atoms with van der Waals surface area (Å²) in [5.41, 5.74) is 5.85. The maximum absolute atomic E-state index is 12.2. The number of hydrogen-bond acceptors (Lipinski definition) is 4. The number of nitrogens with zero attached hydrogens (tertiary/aromatic N) is 1. The largest absolute Gasteiger partial charge is 0.467 e. The van der Waals surface area contributed by atoms with Crippen LogP contribution in [0.5, 0.6) is 0 Å². The Kier molecular flexibility index (Phi) is 4.93. The molecule has 1 unspecified atom stereocenters. The van der Waals surface area contributed by atoms with Crippen molar-refractivity contribution in [1.29, 1.82) is 0 Å². The van der Waals surface area contributed by atoms with E-state index in [1.807, 2.05) is 13.8 Å². The van der Waals surface area contributed by atoms with Gasteiger partial charge in [-0.1, -0.05) is 13.8 Å². The van der Waals surface area contributed by atoms with Crippen molar-refractivity contribution in [2.24, 2.45) is 11.7 Å². The molecule has 2 atom stereocenters. The van der Waals surface area contributed by atoms with Crippen LogP contribution >= 0.6 is 0 Å². The van der Waals surface area contributed by atoms with E-state index in [1.54, 1.807) is 4.90 Å². The third-order valence-electron chi connectivity index (χ3n) is 3.26. The molecule has 1 heterocycles. The molecule has 0 aliphatic carbocycles. The smallest absolute Gasteiger partial charge is 0.328 e. The summed E-state index contributed by atoms with van der Waals surface area (Å²) < 4.78 is 4.74. The van der Waals surface area contributed by atoms with Crippen molar-refractivity contribution in [2.75, 3.05) is 13.7 Å². The van der Waals surface area contributed by atoms with Crippen LogP contribution < -0.4 is 5.73 Å². The summed E-state index contributed by atoms with van der Waals surface area (Å²) in [7, 11) is 1.35. The Balaban J connectivity index is 2.77. The average molecular weight is 242 g/mol. The molecule has 0 aromatic rings. The highest BCUT2D eigenvalue weighted by Gasteiger charge is 2.35. The molecule has 0 saturated carbocycles. The fourth-order valence-electron chi connectivity index (χ4n) is 2.05. The molecular formula is C12H22N2O3. The topological polar surface area (TPSA) is 72.6 Å². The summed E-state index contributed by atoms with van der Waals surface area (Å²) >= 11 is 0. The van der Waals surface area contributed by atoms with Gasteiger partial charge in [-0.3, -0.25) is 4.79 Å². The predicted molar refractivity (Wildman–Crippen MR) is 64.2 cm³/mol. The molecule has 1 aliphatic heterocycles. The van der Waals surface area contributed by atoms with Crippen LogP contribution in [0.15, 0.2) is 0 Å². The van der Waals surface area contributed by atoms with Crippen molar-refractivity contribution in [2.45, 2.75) is 45.2 Å². The Bertz CT molecular complexity index is 291. The van der Waals surface area contributed by atoms with E-state index in [0.29, 0.717) is 13.0 Å². The first kappa shape index (κ1) is 14.0. The molecule has 5 nitrogen and oxygen atoms in total. The minimum Gasteiger partial charge on any atom is -0.467 e. The maximum Gasteiger partial charge on any atom is 0.328 e. The fraction of sp³-hybridized carbons (Fsp3) is 0.833. The highest BCUT2D eigenvalue weighted by Crippen LogP contribution is 2.20. The number of carbonyl (C=O) groups is 2. The van der Waals surface area contributed by atoms with Crippen LogP contribution in [0.4, 0.5) is 0 Å². The molecule has 0 bridgehead atoms. The van der Waals surface area contributed by atoms with Crippen molar-refractivity contribution in [1.82, 2.24) is 4.90 Å². The number of amides is 1. The van der Waals surface area contributed by atoms with Gasteiger partial charge in [0.2, 0.25) is 5.91 Å². The molecule has 1 saturated heterocycles. The van der Waals surface area contributed by atoms with Crippen LogP contribution in [0.25, 0.3) is 0 Å². The van der Waals surface area contributed by atoms with Gasteiger partial charge in [0.25, 0.3) is 0 Å². The Morgan fingerprint density at radius 3 is 2.53 bits per heavy atom. The van der Waals surface area contributed by atoms with Gasteiger partial charge >= 0.3 is 5.97 Å². The van der Waals surface area contributed by atoms with Gasteiger partial charge in [0.1, 0.15) is 6.04 Å². The maximum atomic E-state index is 12.2. The number of likely N-dealkylation sites (tertiary alicyclic amines) is 1. The lowest BCUT2D eigenvalue weighted by Crippen LogP contribution is -2.55. The lowest BCUT2D eigenvalue weighted by Gasteiger charge is -2.36. The van der Waals surface area contributed by atoms with Crippen molar-refractivity contribution < 1.29 is 14.3 Å². The number of rotatable bonds is 3. The number of piperidine rings is 1. The second-order valence-corrected chi connectivity index (χ2v) is 4.84. The summed E-state index contributed by atoms with van der Waals surface area (Å²) in [6, 6.07) is -0.994. The van der Waals surface area contributed by atoms with Crippen LogP contribution in [0.2, 0.25) is 0 Å². The van der Waals surface area contributed by atoms with E-state index >= 15 is 0 Å². The van der Waals surface area contributed by atoms with Crippen LogP contribution in [-0.4, -0.2) is 42.5 Å². The van der Waals surface area contributed by atoms with E-state index in [1.165, 1.54) is 7.11 Å². The van der Waals surface area contributed by atoms with Gasteiger partial charge in [-0.05, 0) is 25.2 Å². The molecule has 1 rings (SSSR count). The number of methoxy groups -OCH3 is 1. The molecule has 17 heavy (non-hydrogen) atoms. The Morgan fingerprint density at radius 2 is 2.00 bits per heavy atom. The zero-order chi connectivity index (χ0) is 13.0. The van der Waals surface area contributed by atoms with E-state index in [2.05, 4.69) is 0 Å². The summed E-state index contributed by atoms with van der Waals surface area (Å²) in [6.07, 6.45) is 2.54. The van der Waals surface area contributed by atoms with Crippen LogP contribution in [-0.2, 0) is 14.3 Å². The normalized spacial score (nSPS) is 22.4. The minimum absolute atomic E-state index is 0.0720. The third kappa shape index (κ3) is 3.19. The molecule has 2 N–H and O–H groups in total. The van der Waals surface area contributed by atoms with E-state index in [-0.39, 0.29) is 17.8 Å². The van der Waals surface area contributed by atoms with Crippen LogP contribution in [0.1, 0.15) is 33.1 Å². The first-order chi connectivity index (χ1) is 7.99. The van der Waals surface area contributed by atoms with E-state index in [4.69, 9.17) is 10.5 Å². The van der Waals surface area contributed by atoms with Crippen molar-refractivity contribution >= 4 is 11.9 Å². The third-order valence-corrected chi connectivity index (χ3v) is 3.26.